The van der Waals surface area contributed by atoms with E-state index in [1.807, 2.05) is 13.8 Å². The average Bonchev–Trinajstić information content (AvgIpc) is 2.24. The number of esters is 1. The van der Waals surface area contributed by atoms with Crippen LogP contribution in [-0.4, -0.2) is 20.5 Å². The van der Waals surface area contributed by atoms with Gasteiger partial charge in [0.1, 0.15) is 10.7 Å². The van der Waals surface area contributed by atoms with Gasteiger partial charge in [-0.15, -0.1) is 0 Å². The number of benzene rings is 1. The molecule has 1 aromatic carbocycles. The minimum absolute atomic E-state index is 0.238. The van der Waals surface area contributed by atoms with Gasteiger partial charge in [0.25, 0.3) is 9.05 Å². The van der Waals surface area contributed by atoms with Crippen molar-refractivity contribution in [3.63, 3.8) is 0 Å². The van der Waals surface area contributed by atoms with Gasteiger partial charge in [0, 0.05) is 10.7 Å². The summed E-state index contributed by atoms with van der Waals surface area (Å²) in [6.45, 7) is 5.63. The Bertz CT molecular complexity index is 644. The minimum atomic E-state index is -4.32. The smallest absolute Gasteiger partial charge is 0.339 e. The third-order valence-corrected chi connectivity index (χ3v) is 4.27. The van der Waals surface area contributed by atoms with Crippen LogP contribution in [0.1, 0.15) is 37.6 Å². The molecule has 0 fully saturated rings. The summed E-state index contributed by atoms with van der Waals surface area (Å²) in [6, 6.07) is 1.50. The highest BCUT2D eigenvalue weighted by atomic mass is 35.7. The third kappa shape index (κ3) is 5.13. The molecule has 0 saturated heterocycles. The highest BCUT2D eigenvalue weighted by molar-refractivity contribution is 8.13. The van der Waals surface area contributed by atoms with Crippen LogP contribution in [0.25, 0.3) is 0 Å². The first-order valence-corrected chi connectivity index (χ1v) is 8.85. The molecule has 1 unspecified atom stereocenters. The van der Waals surface area contributed by atoms with Crippen molar-refractivity contribution in [1.29, 1.82) is 0 Å². The van der Waals surface area contributed by atoms with E-state index in [1.54, 1.807) is 6.92 Å². The van der Waals surface area contributed by atoms with E-state index in [4.69, 9.17) is 27.0 Å². The standard InChI is InChI=1S/C13H15Cl2FO4S/c1-7(2)4-8(3)20-13(17)9-5-12(21(15,18)19)11(16)6-10(9)14/h5-8H,4H2,1-3H3. The summed E-state index contributed by atoms with van der Waals surface area (Å²) in [6.07, 6.45) is 0.250. The van der Waals surface area contributed by atoms with Crippen LogP contribution >= 0.6 is 22.3 Å². The molecule has 1 rings (SSSR count). The predicted octanol–water partition coefficient (Wildman–Crippen LogP) is 4.00. The highest BCUT2D eigenvalue weighted by Gasteiger charge is 2.23. The van der Waals surface area contributed by atoms with Crippen LogP contribution in [0.4, 0.5) is 4.39 Å². The maximum atomic E-state index is 13.5. The maximum Gasteiger partial charge on any atom is 0.339 e. The quantitative estimate of drug-likeness (QED) is 0.590. The van der Waals surface area contributed by atoms with Crippen LogP contribution in [0.5, 0.6) is 0 Å². The Hall–Kier alpha value is -0.850. The van der Waals surface area contributed by atoms with Gasteiger partial charge in [-0.05, 0) is 31.4 Å². The second kappa shape index (κ2) is 6.94. The molecule has 0 amide bonds. The highest BCUT2D eigenvalue weighted by Crippen LogP contribution is 2.27. The van der Waals surface area contributed by atoms with Gasteiger partial charge in [0.05, 0.1) is 16.7 Å². The van der Waals surface area contributed by atoms with Crippen molar-refractivity contribution in [2.45, 2.75) is 38.2 Å². The third-order valence-electron chi connectivity index (χ3n) is 2.62. The number of carbonyl (C=O) groups excluding carboxylic acids is 1. The zero-order valence-electron chi connectivity index (χ0n) is 11.7. The van der Waals surface area contributed by atoms with Gasteiger partial charge in [0.2, 0.25) is 0 Å². The van der Waals surface area contributed by atoms with E-state index < -0.39 is 25.7 Å². The zero-order chi connectivity index (χ0) is 16.4. The summed E-state index contributed by atoms with van der Waals surface area (Å²) < 4.78 is 41.2. The van der Waals surface area contributed by atoms with Gasteiger partial charge in [0.15, 0.2) is 0 Å². The fourth-order valence-electron chi connectivity index (χ4n) is 1.83. The molecular weight excluding hydrogens is 342 g/mol. The van der Waals surface area contributed by atoms with Crippen LogP contribution < -0.4 is 0 Å². The summed E-state index contributed by atoms with van der Waals surface area (Å²) in [5, 5.41) is -0.238. The summed E-state index contributed by atoms with van der Waals surface area (Å²) in [5.41, 5.74) is -0.243. The van der Waals surface area contributed by atoms with Gasteiger partial charge in [-0.1, -0.05) is 25.4 Å². The summed E-state index contributed by atoms with van der Waals surface area (Å²) in [7, 11) is 0.781. The number of halogens is 3. The normalized spacial score (nSPS) is 13.3. The van der Waals surface area contributed by atoms with E-state index in [-0.39, 0.29) is 16.7 Å². The molecule has 118 valence electrons. The molecule has 0 radical (unpaired) electrons. The van der Waals surface area contributed by atoms with Crippen molar-refractivity contribution in [2.24, 2.45) is 5.92 Å². The Kier molecular flexibility index (Phi) is 6.01. The zero-order valence-corrected chi connectivity index (χ0v) is 14.0. The second-order valence-electron chi connectivity index (χ2n) is 5.05. The van der Waals surface area contributed by atoms with Crippen molar-refractivity contribution in [3.8, 4) is 0 Å². The van der Waals surface area contributed by atoms with Gasteiger partial charge in [-0.3, -0.25) is 0 Å². The van der Waals surface area contributed by atoms with E-state index in [0.29, 0.717) is 12.3 Å². The van der Waals surface area contributed by atoms with Crippen LogP contribution in [0.2, 0.25) is 5.02 Å². The van der Waals surface area contributed by atoms with E-state index in [2.05, 4.69) is 0 Å². The molecule has 0 spiro atoms. The Labute approximate surface area is 132 Å². The molecule has 0 bridgehead atoms. The maximum absolute atomic E-state index is 13.5. The topological polar surface area (TPSA) is 60.4 Å². The SMILES string of the molecule is CC(C)CC(C)OC(=O)c1cc(S(=O)(=O)Cl)c(F)cc1Cl. The Morgan fingerprint density at radius 3 is 2.38 bits per heavy atom. The number of hydrogen-bond donors (Lipinski definition) is 0. The van der Waals surface area contributed by atoms with E-state index in [1.165, 1.54) is 0 Å². The van der Waals surface area contributed by atoms with Crippen molar-refractivity contribution in [1.82, 2.24) is 0 Å². The summed E-state index contributed by atoms with van der Waals surface area (Å²) >= 11 is 5.76. The van der Waals surface area contributed by atoms with Crippen LogP contribution in [0.3, 0.4) is 0 Å². The lowest BCUT2D eigenvalue weighted by molar-refractivity contribution is 0.0299. The van der Waals surface area contributed by atoms with Crippen molar-refractivity contribution < 1.29 is 22.3 Å². The molecule has 0 N–H and O–H groups in total. The van der Waals surface area contributed by atoms with E-state index >= 15 is 0 Å². The average molecular weight is 357 g/mol. The fourth-order valence-corrected chi connectivity index (χ4v) is 2.96. The Morgan fingerprint density at radius 2 is 1.90 bits per heavy atom. The molecule has 0 heterocycles. The lowest BCUT2D eigenvalue weighted by Crippen LogP contribution is -2.17. The number of carbonyl (C=O) groups is 1. The molecule has 21 heavy (non-hydrogen) atoms. The molecule has 1 atom stereocenters. The van der Waals surface area contributed by atoms with E-state index in [0.717, 1.165) is 12.1 Å². The van der Waals surface area contributed by atoms with Crippen LogP contribution in [0.15, 0.2) is 17.0 Å². The summed E-state index contributed by atoms with van der Waals surface area (Å²) in [5.74, 6) is -1.63. The van der Waals surface area contributed by atoms with Gasteiger partial charge < -0.3 is 4.74 Å². The van der Waals surface area contributed by atoms with Crippen molar-refractivity contribution in [3.05, 3.63) is 28.5 Å². The number of rotatable bonds is 5. The Balaban J connectivity index is 3.10. The molecule has 0 aliphatic rings. The molecule has 4 nitrogen and oxygen atoms in total. The molecule has 0 aliphatic carbocycles. The monoisotopic (exact) mass is 356 g/mol. The van der Waals surface area contributed by atoms with Gasteiger partial charge >= 0.3 is 5.97 Å². The largest absolute Gasteiger partial charge is 0.459 e. The molecule has 8 heteroatoms. The predicted molar refractivity (Wildman–Crippen MR) is 78.8 cm³/mol. The van der Waals surface area contributed by atoms with Gasteiger partial charge in [-0.25, -0.2) is 17.6 Å². The first-order chi connectivity index (χ1) is 9.52. The number of hydrogen-bond acceptors (Lipinski definition) is 4. The Morgan fingerprint density at radius 1 is 1.33 bits per heavy atom. The fraction of sp³-hybridized carbons (Fsp3) is 0.462. The molecule has 0 aromatic heterocycles. The molecule has 0 aliphatic heterocycles. The van der Waals surface area contributed by atoms with Crippen LogP contribution in [0, 0.1) is 11.7 Å². The van der Waals surface area contributed by atoms with E-state index in [9.17, 15) is 17.6 Å². The molecule has 0 saturated carbocycles. The van der Waals surface area contributed by atoms with Crippen molar-refractivity contribution >= 4 is 37.3 Å². The lowest BCUT2D eigenvalue weighted by atomic mass is 10.1. The first-order valence-electron chi connectivity index (χ1n) is 6.17. The van der Waals surface area contributed by atoms with Gasteiger partial charge in [-0.2, -0.15) is 0 Å². The van der Waals surface area contributed by atoms with Crippen molar-refractivity contribution in [2.75, 3.05) is 0 Å². The number of ether oxygens (including phenoxy) is 1. The molecule has 1 aromatic rings. The molecular formula is C13H15Cl2FO4S. The van der Waals surface area contributed by atoms with Crippen LogP contribution in [-0.2, 0) is 13.8 Å². The second-order valence-corrected chi connectivity index (χ2v) is 7.99. The minimum Gasteiger partial charge on any atom is -0.459 e. The lowest BCUT2D eigenvalue weighted by Gasteiger charge is -2.16. The summed E-state index contributed by atoms with van der Waals surface area (Å²) in [4.78, 5) is 11.2. The first kappa shape index (κ1) is 18.2.